The Morgan fingerprint density at radius 3 is 2.50 bits per heavy atom. The van der Waals surface area contributed by atoms with E-state index >= 15 is 0 Å². The summed E-state index contributed by atoms with van der Waals surface area (Å²) in [4.78, 5) is 35.9. The number of hydrogen-bond donors (Lipinski definition) is 1. The molecule has 1 amide bonds. The van der Waals surface area contributed by atoms with Crippen LogP contribution in [0.15, 0.2) is 23.1 Å². The lowest BCUT2D eigenvalue weighted by molar-refractivity contribution is -0.141. The number of ether oxygens (including phenoxy) is 1. The van der Waals surface area contributed by atoms with Crippen molar-refractivity contribution in [2.45, 2.75) is 45.1 Å². The highest BCUT2D eigenvalue weighted by Gasteiger charge is 2.09. The number of esters is 1. The maximum atomic E-state index is 11.7. The number of nitrogens with zero attached hydrogens (tertiary/aromatic N) is 2. The highest BCUT2D eigenvalue weighted by molar-refractivity contribution is 5.74. The lowest BCUT2D eigenvalue weighted by atomic mass is 10.1. The molecule has 7 nitrogen and oxygen atoms in total. The maximum Gasteiger partial charge on any atom is 0.325 e. The smallest absolute Gasteiger partial charge is 0.325 e. The first kappa shape index (κ1) is 19.9. The predicted molar refractivity (Wildman–Crippen MR) is 90.9 cm³/mol. The quantitative estimate of drug-likeness (QED) is 0.353. The zero-order chi connectivity index (χ0) is 17.8. The molecule has 0 aliphatic carbocycles. The highest BCUT2D eigenvalue weighted by atomic mass is 16.5. The van der Waals surface area contributed by atoms with Crippen LogP contribution in [0.5, 0.6) is 0 Å². The second-order valence-corrected chi connectivity index (χ2v) is 5.57. The Balaban J connectivity index is 2.55. The molecule has 1 aromatic heterocycles. The van der Waals surface area contributed by atoms with Gasteiger partial charge in [-0.15, -0.1) is 0 Å². The molecule has 1 heterocycles. The summed E-state index contributed by atoms with van der Waals surface area (Å²) in [6.45, 7) is 0.612. The van der Waals surface area contributed by atoms with E-state index in [2.05, 4.69) is 4.74 Å². The van der Waals surface area contributed by atoms with E-state index in [1.807, 2.05) is 0 Å². The Morgan fingerprint density at radius 1 is 1.21 bits per heavy atom. The number of anilines is 1. The van der Waals surface area contributed by atoms with Gasteiger partial charge in [-0.25, -0.2) is 0 Å². The fraction of sp³-hybridized carbons (Fsp3) is 0.588. The van der Waals surface area contributed by atoms with Gasteiger partial charge in [-0.2, -0.15) is 0 Å². The Hall–Kier alpha value is -2.15. The third kappa shape index (κ3) is 6.95. The first-order valence-corrected chi connectivity index (χ1v) is 8.22. The normalized spacial score (nSPS) is 10.4. The molecule has 1 aromatic rings. The molecule has 0 bridgehead atoms. The van der Waals surface area contributed by atoms with Crippen molar-refractivity contribution in [2.24, 2.45) is 0 Å². The van der Waals surface area contributed by atoms with Gasteiger partial charge in [0.05, 0.1) is 12.8 Å². The van der Waals surface area contributed by atoms with E-state index in [1.54, 1.807) is 6.07 Å². The molecule has 7 heteroatoms. The van der Waals surface area contributed by atoms with Gasteiger partial charge in [-0.1, -0.05) is 25.7 Å². The monoisotopic (exact) mass is 338 g/mol. The number of aliphatic hydroxyl groups excluding tert-OH is 1. The van der Waals surface area contributed by atoms with Gasteiger partial charge in [-0.3, -0.25) is 14.4 Å². The van der Waals surface area contributed by atoms with Crippen LogP contribution in [0.3, 0.4) is 0 Å². The summed E-state index contributed by atoms with van der Waals surface area (Å²) in [7, 11) is 1.26. The van der Waals surface area contributed by atoms with Crippen molar-refractivity contribution in [3.8, 4) is 0 Å². The predicted octanol–water partition coefficient (Wildman–Crippen LogP) is 1.32. The molecule has 0 unspecified atom stereocenters. The zero-order valence-corrected chi connectivity index (χ0v) is 14.1. The Labute approximate surface area is 141 Å². The zero-order valence-electron chi connectivity index (χ0n) is 14.1. The van der Waals surface area contributed by atoms with Crippen LogP contribution in [0.2, 0.25) is 0 Å². The van der Waals surface area contributed by atoms with E-state index < -0.39 is 5.97 Å². The Morgan fingerprint density at radius 2 is 1.88 bits per heavy atom. The van der Waals surface area contributed by atoms with E-state index in [9.17, 15) is 14.4 Å². The molecule has 24 heavy (non-hydrogen) atoms. The first-order valence-electron chi connectivity index (χ1n) is 8.22. The number of aliphatic hydroxyl groups is 1. The van der Waals surface area contributed by atoms with Crippen LogP contribution in [0.25, 0.3) is 0 Å². The van der Waals surface area contributed by atoms with Crippen molar-refractivity contribution in [3.63, 3.8) is 0 Å². The average Bonchev–Trinajstić information content (AvgIpc) is 2.59. The molecule has 134 valence electrons. The van der Waals surface area contributed by atoms with Crippen LogP contribution in [0.4, 0.5) is 5.69 Å². The van der Waals surface area contributed by atoms with Crippen LogP contribution in [0.1, 0.15) is 38.5 Å². The highest BCUT2D eigenvalue weighted by Crippen LogP contribution is 2.12. The lowest BCUT2D eigenvalue weighted by Gasteiger charge is -2.18. The van der Waals surface area contributed by atoms with Gasteiger partial charge < -0.3 is 19.3 Å². The number of pyridine rings is 1. The summed E-state index contributed by atoms with van der Waals surface area (Å²) >= 11 is 0. The molecule has 0 spiro atoms. The second kappa shape index (κ2) is 11.4. The first-order chi connectivity index (χ1) is 11.6. The molecular formula is C17H26N2O5. The van der Waals surface area contributed by atoms with E-state index in [-0.39, 0.29) is 18.7 Å². The number of rotatable bonds is 12. The maximum absolute atomic E-state index is 11.7. The number of methoxy groups -OCH3 is 1. The minimum absolute atomic E-state index is 0.180. The van der Waals surface area contributed by atoms with Crippen LogP contribution in [-0.4, -0.2) is 42.3 Å². The van der Waals surface area contributed by atoms with Crippen molar-refractivity contribution in [1.29, 1.82) is 0 Å². The van der Waals surface area contributed by atoms with Gasteiger partial charge in [0.15, 0.2) is 0 Å². The molecule has 0 aliphatic rings. The summed E-state index contributed by atoms with van der Waals surface area (Å²) in [5.41, 5.74) is 0.257. The Bertz CT molecular complexity index is 570. The molecule has 0 radical (unpaired) electrons. The van der Waals surface area contributed by atoms with Gasteiger partial charge in [0, 0.05) is 25.4 Å². The number of hydrogen-bond acceptors (Lipinski definition) is 5. The summed E-state index contributed by atoms with van der Waals surface area (Å²) in [6.07, 6.45) is 8.07. The molecular weight excluding hydrogens is 312 g/mol. The summed E-state index contributed by atoms with van der Waals surface area (Å²) in [6, 6.07) is 2.91. The van der Waals surface area contributed by atoms with Crippen LogP contribution in [0, 0.1) is 0 Å². The van der Waals surface area contributed by atoms with E-state index in [1.165, 1.54) is 28.8 Å². The van der Waals surface area contributed by atoms with Crippen LogP contribution < -0.4 is 10.5 Å². The van der Waals surface area contributed by atoms with E-state index in [0.29, 0.717) is 12.2 Å². The number of aromatic nitrogens is 1. The van der Waals surface area contributed by atoms with Gasteiger partial charge in [0.25, 0.3) is 5.56 Å². The van der Waals surface area contributed by atoms with Gasteiger partial charge >= 0.3 is 5.97 Å². The number of unbranched alkanes of at least 4 members (excludes halogenated alkanes) is 5. The van der Waals surface area contributed by atoms with Crippen molar-refractivity contribution in [1.82, 2.24) is 4.57 Å². The summed E-state index contributed by atoms with van der Waals surface area (Å²) in [5, 5.41) is 8.71. The number of amides is 1. The second-order valence-electron chi connectivity index (χ2n) is 5.57. The number of carbonyl (C=O) groups excluding carboxylic acids is 2. The largest absolute Gasteiger partial charge is 0.468 e. The lowest BCUT2D eigenvalue weighted by Crippen LogP contribution is -2.28. The fourth-order valence-electron chi connectivity index (χ4n) is 2.36. The topological polar surface area (TPSA) is 88.8 Å². The molecule has 1 rings (SSSR count). The molecule has 0 saturated heterocycles. The molecule has 0 saturated carbocycles. The summed E-state index contributed by atoms with van der Waals surface area (Å²) in [5.74, 6) is -0.519. The van der Waals surface area contributed by atoms with Gasteiger partial charge in [0.2, 0.25) is 6.41 Å². The van der Waals surface area contributed by atoms with Gasteiger partial charge in [-0.05, 0) is 18.9 Å². The fourth-order valence-corrected chi connectivity index (χ4v) is 2.36. The van der Waals surface area contributed by atoms with E-state index in [0.717, 1.165) is 44.9 Å². The van der Waals surface area contributed by atoms with Crippen molar-refractivity contribution < 1.29 is 19.4 Å². The third-order valence-electron chi connectivity index (χ3n) is 3.76. The van der Waals surface area contributed by atoms with Crippen molar-refractivity contribution in [2.75, 3.05) is 25.2 Å². The SMILES string of the molecule is COC(=O)Cn1cc(N(C=O)CCCCCCCCO)ccc1=O. The van der Waals surface area contributed by atoms with E-state index in [4.69, 9.17) is 5.11 Å². The molecule has 1 N–H and O–H groups in total. The van der Waals surface area contributed by atoms with Crippen molar-refractivity contribution in [3.05, 3.63) is 28.7 Å². The average molecular weight is 338 g/mol. The molecule has 0 fully saturated rings. The van der Waals surface area contributed by atoms with Crippen molar-refractivity contribution >= 4 is 18.1 Å². The van der Waals surface area contributed by atoms with Crippen LogP contribution in [-0.2, 0) is 20.9 Å². The Kier molecular flexibility index (Phi) is 9.45. The molecule has 0 aliphatic heterocycles. The molecule has 0 atom stereocenters. The minimum Gasteiger partial charge on any atom is -0.468 e. The number of carbonyl (C=O) groups is 2. The van der Waals surface area contributed by atoms with Crippen LogP contribution >= 0.6 is 0 Å². The third-order valence-corrected chi connectivity index (χ3v) is 3.76. The van der Waals surface area contributed by atoms with Gasteiger partial charge in [0.1, 0.15) is 6.54 Å². The minimum atomic E-state index is -0.519. The standard InChI is InChI=1S/C17H26N2O5/c1-24-17(23)13-19-12-15(8-9-16(19)22)18(14-21)10-6-4-2-3-5-7-11-20/h8-9,12,14,20H,2-7,10-11,13H2,1H3. The summed E-state index contributed by atoms with van der Waals surface area (Å²) < 4.78 is 5.79. The molecule has 0 aromatic carbocycles.